The van der Waals surface area contributed by atoms with Gasteiger partial charge in [0, 0.05) is 12.0 Å². The minimum absolute atomic E-state index is 0.112. The molecule has 6 heteroatoms. The van der Waals surface area contributed by atoms with Crippen LogP contribution in [0.4, 0.5) is 0 Å². The van der Waals surface area contributed by atoms with E-state index in [0.717, 1.165) is 6.08 Å². The van der Waals surface area contributed by atoms with E-state index >= 15 is 0 Å². The lowest BCUT2D eigenvalue weighted by atomic mass is 9.84. The smallest absolute Gasteiger partial charge is 0.337 e. The van der Waals surface area contributed by atoms with Crippen molar-refractivity contribution in [3.8, 4) is 0 Å². The number of ether oxygens (including phenoxy) is 2. The van der Waals surface area contributed by atoms with Crippen molar-refractivity contribution in [3.05, 3.63) is 47.7 Å². The summed E-state index contributed by atoms with van der Waals surface area (Å²) in [5.74, 6) is -1.53. The molecule has 0 aliphatic carbocycles. The van der Waals surface area contributed by atoms with Gasteiger partial charge in [-0.15, -0.1) is 0 Å². The van der Waals surface area contributed by atoms with Gasteiger partial charge in [0.05, 0.1) is 12.7 Å². The maximum absolute atomic E-state index is 12.5. The van der Waals surface area contributed by atoms with Crippen molar-refractivity contribution in [2.75, 3.05) is 6.61 Å². The number of hydrogen-bond acceptors (Lipinski definition) is 5. The summed E-state index contributed by atoms with van der Waals surface area (Å²) in [6.07, 6.45) is 1.26. The van der Waals surface area contributed by atoms with E-state index in [1.165, 1.54) is 0 Å². The van der Waals surface area contributed by atoms with Crippen LogP contribution in [0.2, 0.25) is 0 Å². The average Bonchev–Trinajstić information content (AvgIpc) is 2.85. The second-order valence-corrected chi connectivity index (χ2v) is 5.88. The standard InChI is InChI=1S/C18H21NO5/c1-4-23-15(20)10-14-11-18(12(2)3,17(22)24-14)19-16(21)13-8-6-5-7-9-13/h5-10,12H,4,11H2,1-3H3,(H,19,21)/b14-10+. The second kappa shape index (κ2) is 7.29. The van der Waals surface area contributed by atoms with Crippen molar-refractivity contribution in [2.24, 2.45) is 5.92 Å². The zero-order chi connectivity index (χ0) is 17.7. The van der Waals surface area contributed by atoms with Crippen LogP contribution in [0.15, 0.2) is 42.2 Å². The first-order chi connectivity index (χ1) is 11.4. The highest BCUT2D eigenvalue weighted by Crippen LogP contribution is 2.35. The maximum Gasteiger partial charge on any atom is 0.337 e. The molecule has 1 unspecified atom stereocenters. The van der Waals surface area contributed by atoms with Crippen LogP contribution in [0.3, 0.4) is 0 Å². The lowest BCUT2D eigenvalue weighted by Crippen LogP contribution is -2.55. The number of nitrogens with one attached hydrogen (secondary N) is 1. The molecule has 1 aliphatic rings. The van der Waals surface area contributed by atoms with Gasteiger partial charge in [-0.2, -0.15) is 0 Å². The van der Waals surface area contributed by atoms with E-state index in [1.54, 1.807) is 37.3 Å². The molecule has 0 bridgehead atoms. The second-order valence-electron chi connectivity index (χ2n) is 5.88. The number of amides is 1. The molecule has 0 saturated carbocycles. The summed E-state index contributed by atoms with van der Waals surface area (Å²) in [5.41, 5.74) is -0.751. The first kappa shape index (κ1) is 17.7. The van der Waals surface area contributed by atoms with Crippen molar-refractivity contribution in [1.29, 1.82) is 0 Å². The first-order valence-corrected chi connectivity index (χ1v) is 7.86. The average molecular weight is 331 g/mol. The van der Waals surface area contributed by atoms with Crippen molar-refractivity contribution in [3.63, 3.8) is 0 Å². The van der Waals surface area contributed by atoms with E-state index < -0.39 is 17.5 Å². The Balaban J connectivity index is 2.23. The highest BCUT2D eigenvalue weighted by Gasteiger charge is 2.51. The molecule has 0 aromatic heterocycles. The Kier molecular flexibility index (Phi) is 5.39. The van der Waals surface area contributed by atoms with Crippen LogP contribution in [0.25, 0.3) is 0 Å². The highest BCUT2D eigenvalue weighted by molar-refractivity contribution is 5.99. The zero-order valence-electron chi connectivity index (χ0n) is 14.0. The summed E-state index contributed by atoms with van der Waals surface area (Å²) in [7, 11) is 0. The SMILES string of the molecule is CCOC(=O)/C=C1\CC(NC(=O)c2ccccc2)(C(C)C)C(=O)O1. The van der Waals surface area contributed by atoms with E-state index in [-0.39, 0.29) is 30.6 Å². The van der Waals surface area contributed by atoms with Crippen LogP contribution in [0.1, 0.15) is 37.6 Å². The Hall–Kier alpha value is -2.63. The van der Waals surface area contributed by atoms with Gasteiger partial charge in [0.1, 0.15) is 11.3 Å². The minimum atomic E-state index is -1.20. The topological polar surface area (TPSA) is 81.7 Å². The minimum Gasteiger partial charge on any atom is -0.463 e. The number of esters is 2. The summed E-state index contributed by atoms with van der Waals surface area (Å²) < 4.78 is 10.0. The Morgan fingerprint density at radius 1 is 1.33 bits per heavy atom. The summed E-state index contributed by atoms with van der Waals surface area (Å²) in [5, 5.41) is 2.79. The molecule has 1 aliphatic heterocycles. The third-order valence-corrected chi connectivity index (χ3v) is 3.96. The third kappa shape index (κ3) is 3.64. The first-order valence-electron chi connectivity index (χ1n) is 7.86. The van der Waals surface area contributed by atoms with Gasteiger partial charge in [0.15, 0.2) is 0 Å². The van der Waals surface area contributed by atoms with Crippen LogP contribution >= 0.6 is 0 Å². The molecule has 6 nitrogen and oxygen atoms in total. The van der Waals surface area contributed by atoms with E-state index in [1.807, 2.05) is 13.8 Å². The summed E-state index contributed by atoms with van der Waals surface area (Å²) in [6, 6.07) is 8.63. The Bertz CT molecular complexity index is 665. The molecule has 2 rings (SSSR count). The summed E-state index contributed by atoms with van der Waals surface area (Å²) in [4.78, 5) is 36.4. The van der Waals surface area contributed by atoms with Gasteiger partial charge in [0.2, 0.25) is 0 Å². The molecule has 1 atom stereocenters. The summed E-state index contributed by atoms with van der Waals surface area (Å²) in [6.45, 7) is 5.56. The van der Waals surface area contributed by atoms with Gasteiger partial charge in [-0.25, -0.2) is 9.59 Å². The molecule has 1 amide bonds. The highest BCUT2D eigenvalue weighted by atomic mass is 16.6. The quantitative estimate of drug-likeness (QED) is 0.661. The predicted octanol–water partition coefficient (Wildman–Crippen LogP) is 2.21. The number of carbonyl (C=O) groups excluding carboxylic acids is 3. The molecular weight excluding hydrogens is 310 g/mol. The molecular formula is C18H21NO5. The van der Waals surface area contributed by atoms with E-state index in [2.05, 4.69) is 5.32 Å². The number of rotatable bonds is 5. The maximum atomic E-state index is 12.5. The molecule has 1 fully saturated rings. The van der Waals surface area contributed by atoms with Gasteiger partial charge in [-0.05, 0) is 25.0 Å². The van der Waals surface area contributed by atoms with Gasteiger partial charge in [-0.3, -0.25) is 4.79 Å². The lowest BCUT2D eigenvalue weighted by molar-refractivity contribution is -0.142. The van der Waals surface area contributed by atoms with E-state index in [9.17, 15) is 14.4 Å². The van der Waals surface area contributed by atoms with Crippen molar-refractivity contribution in [1.82, 2.24) is 5.32 Å². The Labute approximate surface area is 140 Å². The molecule has 128 valence electrons. The van der Waals surface area contributed by atoms with E-state index in [0.29, 0.717) is 5.56 Å². The lowest BCUT2D eigenvalue weighted by Gasteiger charge is -2.29. The molecule has 1 N–H and O–H groups in total. The number of carbonyl (C=O) groups is 3. The molecule has 1 saturated heterocycles. The van der Waals surface area contributed by atoms with Gasteiger partial charge < -0.3 is 14.8 Å². The number of cyclic esters (lactones) is 1. The van der Waals surface area contributed by atoms with Gasteiger partial charge >= 0.3 is 11.9 Å². The Morgan fingerprint density at radius 2 is 2.00 bits per heavy atom. The number of hydrogen-bond donors (Lipinski definition) is 1. The van der Waals surface area contributed by atoms with Crippen LogP contribution in [0.5, 0.6) is 0 Å². The van der Waals surface area contributed by atoms with Crippen molar-refractivity contribution >= 4 is 17.8 Å². The monoisotopic (exact) mass is 331 g/mol. The normalized spacial score (nSPS) is 21.7. The Morgan fingerprint density at radius 3 is 2.58 bits per heavy atom. The zero-order valence-corrected chi connectivity index (χ0v) is 14.0. The molecule has 0 spiro atoms. The third-order valence-electron chi connectivity index (χ3n) is 3.96. The van der Waals surface area contributed by atoms with Crippen molar-refractivity contribution in [2.45, 2.75) is 32.7 Å². The van der Waals surface area contributed by atoms with E-state index in [4.69, 9.17) is 9.47 Å². The fraction of sp³-hybridized carbons (Fsp3) is 0.389. The molecule has 1 aromatic rings. The molecule has 1 heterocycles. The predicted molar refractivity (Wildman–Crippen MR) is 86.9 cm³/mol. The van der Waals surface area contributed by atoms with Crippen LogP contribution < -0.4 is 5.32 Å². The van der Waals surface area contributed by atoms with Crippen molar-refractivity contribution < 1.29 is 23.9 Å². The fourth-order valence-corrected chi connectivity index (χ4v) is 2.53. The van der Waals surface area contributed by atoms with Gasteiger partial charge in [-0.1, -0.05) is 32.0 Å². The fourth-order valence-electron chi connectivity index (χ4n) is 2.53. The largest absolute Gasteiger partial charge is 0.463 e. The summed E-state index contributed by atoms with van der Waals surface area (Å²) >= 11 is 0. The molecule has 0 radical (unpaired) electrons. The number of benzene rings is 1. The van der Waals surface area contributed by atoms with Crippen LogP contribution in [-0.2, 0) is 19.1 Å². The van der Waals surface area contributed by atoms with Crippen LogP contribution in [-0.4, -0.2) is 30.0 Å². The molecule has 1 aromatic carbocycles. The van der Waals surface area contributed by atoms with Gasteiger partial charge in [0.25, 0.3) is 5.91 Å². The molecule has 24 heavy (non-hydrogen) atoms. The van der Waals surface area contributed by atoms with Crippen LogP contribution in [0, 0.1) is 5.92 Å².